The molecule has 1 aliphatic rings. The Kier molecular flexibility index (Phi) is 2.78. The van der Waals surface area contributed by atoms with Gasteiger partial charge >= 0.3 is 0 Å². The normalized spacial score (nSPS) is 34.6. The fourth-order valence-corrected chi connectivity index (χ4v) is 2.21. The van der Waals surface area contributed by atoms with Crippen LogP contribution in [0.5, 0.6) is 0 Å². The number of hydrogen-bond donors (Lipinski definition) is 1. The van der Waals surface area contributed by atoms with Gasteiger partial charge in [-0.05, 0) is 36.0 Å². The van der Waals surface area contributed by atoms with Crippen LogP contribution < -0.4 is 0 Å². The molecule has 1 saturated carbocycles. The Bertz CT molecular complexity index is 176. The summed E-state index contributed by atoms with van der Waals surface area (Å²) in [5.41, 5.74) is 0.499. The fraction of sp³-hybridized carbons (Fsp3) is 1.00. The van der Waals surface area contributed by atoms with Crippen LogP contribution in [0.25, 0.3) is 0 Å². The Labute approximate surface area is 82.5 Å². The van der Waals surface area contributed by atoms with Crippen LogP contribution in [0, 0.1) is 16.7 Å². The van der Waals surface area contributed by atoms with E-state index in [1.54, 1.807) is 0 Å². The van der Waals surface area contributed by atoms with Crippen LogP contribution in [0.3, 0.4) is 0 Å². The highest BCUT2D eigenvalue weighted by Gasteiger charge is 2.39. The van der Waals surface area contributed by atoms with Crippen LogP contribution in [-0.2, 0) is 0 Å². The molecule has 0 aromatic carbocycles. The van der Waals surface area contributed by atoms with Gasteiger partial charge in [0.05, 0.1) is 6.10 Å². The minimum Gasteiger partial charge on any atom is -0.393 e. The molecule has 0 spiro atoms. The summed E-state index contributed by atoms with van der Waals surface area (Å²) in [4.78, 5) is 0. The monoisotopic (exact) mass is 184 g/mol. The largest absolute Gasteiger partial charge is 0.393 e. The molecular formula is C12H24O. The van der Waals surface area contributed by atoms with Gasteiger partial charge in [0.1, 0.15) is 0 Å². The van der Waals surface area contributed by atoms with Crippen molar-refractivity contribution in [2.24, 2.45) is 16.7 Å². The van der Waals surface area contributed by atoms with E-state index in [2.05, 4.69) is 34.6 Å². The second kappa shape index (κ2) is 3.27. The van der Waals surface area contributed by atoms with E-state index in [1.165, 1.54) is 6.42 Å². The van der Waals surface area contributed by atoms with Crippen LogP contribution in [0.1, 0.15) is 53.9 Å². The van der Waals surface area contributed by atoms with Gasteiger partial charge in [-0.15, -0.1) is 0 Å². The van der Waals surface area contributed by atoms with E-state index in [1.807, 2.05) is 0 Å². The molecule has 78 valence electrons. The van der Waals surface area contributed by atoms with Crippen molar-refractivity contribution < 1.29 is 5.11 Å². The third-order valence-electron chi connectivity index (χ3n) is 3.77. The predicted molar refractivity (Wildman–Crippen MR) is 56.6 cm³/mol. The van der Waals surface area contributed by atoms with Crippen molar-refractivity contribution in [1.82, 2.24) is 0 Å². The van der Waals surface area contributed by atoms with Crippen LogP contribution in [0.15, 0.2) is 0 Å². The van der Waals surface area contributed by atoms with Crippen LogP contribution in [-0.4, -0.2) is 11.2 Å². The second-order valence-electron chi connectivity index (χ2n) is 6.34. The summed E-state index contributed by atoms with van der Waals surface area (Å²) >= 11 is 0. The molecule has 0 bridgehead atoms. The molecule has 0 saturated heterocycles. The number of rotatable bonds is 0. The summed E-state index contributed by atoms with van der Waals surface area (Å²) in [5, 5.41) is 9.97. The van der Waals surface area contributed by atoms with Gasteiger partial charge in [0.15, 0.2) is 0 Å². The lowest BCUT2D eigenvalue weighted by Gasteiger charge is -2.44. The molecule has 2 atom stereocenters. The number of hydrogen-bond acceptors (Lipinski definition) is 1. The molecule has 1 aliphatic carbocycles. The van der Waals surface area contributed by atoms with Gasteiger partial charge < -0.3 is 5.11 Å². The first-order chi connectivity index (χ1) is 5.73. The topological polar surface area (TPSA) is 20.2 Å². The number of aliphatic hydroxyl groups is 1. The maximum atomic E-state index is 9.97. The molecule has 1 N–H and O–H groups in total. The third-order valence-corrected chi connectivity index (χ3v) is 3.77. The van der Waals surface area contributed by atoms with Crippen molar-refractivity contribution in [1.29, 1.82) is 0 Å². The Morgan fingerprint density at radius 3 is 2.15 bits per heavy atom. The molecule has 0 aliphatic heterocycles. The highest BCUT2D eigenvalue weighted by molar-refractivity contribution is 4.89. The first-order valence-electron chi connectivity index (χ1n) is 5.41. The van der Waals surface area contributed by atoms with Crippen LogP contribution in [0.2, 0.25) is 0 Å². The maximum Gasteiger partial charge on any atom is 0.0594 e. The zero-order valence-corrected chi connectivity index (χ0v) is 9.72. The standard InChI is InChI=1S/C12H24O/c1-11(2,3)9-6-7-12(4,5)10(13)8-9/h9-10,13H,6-8H2,1-5H3/t9-,10-/m1/s1. The van der Waals surface area contributed by atoms with Crippen molar-refractivity contribution in [3.8, 4) is 0 Å². The minimum atomic E-state index is -0.106. The molecule has 1 nitrogen and oxygen atoms in total. The predicted octanol–water partition coefficient (Wildman–Crippen LogP) is 3.22. The molecule has 13 heavy (non-hydrogen) atoms. The van der Waals surface area contributed by atoms with E-state index in [4.69, 9.17) is 0 Å². The van der Waals surface area contributed by atoms with Crippen molar-refractivity contribution >= 4 is 0 Å². The minimum absolute atomic E-state index is 0.106. The van der Waals surface area contributed by atoms with E-state index in [0.29, 0.717) is 11.3 Å². The van der Waals surface area contributed by atoms with Crippen LogP contribution in [0.4, 0.5) is 0 Å². The molecule has 1 fully saturated rings. The second-order valence-corrected chi connectivity index (χ2v) is 6.34. The number of aliphatic hydroxyl groups excluding tert-OH is 1. The van der Waals surface area contributed by atoms with E-state index >= 15 is 0 Å². The maximum absolute atomic E-state index is 9.97. The van der Waals surface area contributed by atoms with Crippen molar-refractivity contribution in [3.05, 3.63) is 0 Å². The Hall–Kier alpha value is -0.0400. The van der Waals surface area contributed by atoms with E-state index < -0.39 is 0 Å². The first kappa shape index (κ1) is 11.0. The summed E-state index contributed by atoms with van der Waals surface area (Å²) < 4.78 is 0. The molecular weight excluding hydrogens is 160 g/mol. The Balaban J connectivity index is 2.61. The van der Waals surface area contributed by atoms with Gasteiger partial charge in [0.2, 0.25) is 0 Å². The lowest BCUT2D eigenvalue weighted by atomic mass is 9.64. The van der Waals surface area contributed by atoms with Gasteiger partial charge in [0.25, 0.3) is 0 Å². The smallest absolute Gasteiger partial charge is 0.0594 e. The summed E-state index contributed by atoms with van der Waals surface area (Å²) in [6.07, 6.45) is 3.31. The van der Waals surface area contributed by atoms with Gasteiger partial charge in [0, 0.05) is 0 Å². The summed E-state index contributed by atoms with van der Waals surface area (Å²) in [6, 6.07) is 0. The molecule has 1 heteroatoms. The van der Waals surface area contributed by atoms with Gasteiger partial charge in [-0.3, -0.25) is 0 Å². The van der Waals surface area contributed by atoms with Gasteiger partial charge in [-0.2, -0.15) is 0 Å². The zero-order chi connectivity index (χ0) is 10.3. The Morgan fingerprint density at radius 2 is 1.77 bits per heavy atom. The van der Waals surface area contributed by atoms with Gasteiger partial charge in [-0.25, -0.2) is 0 Å². The van der Waals surface area contributed by atoms with E-state index in [-0.39, 0.29) is 11.5 Å². The van der Waals surface area contributed by atoms with E-state index in [9.17, 15) is 5.11 Å². The highest BCUT2D eigenvalue weighted by atomic mass is 16.3. The first-order valence-corrected chi connectivity index (χ1v) is 5.41. The quantitative estimate of drug-likeness (QED) is 0.613. The zero-order valence-electron chi connectivity index (χ0n) is 9.72. The van der Waals surface area contributed by atoms with Crippen molar-refractivity contribution in [3.63, 3.8) is 0 Å². The average Bonchev–Trinajstić information content (AvgIpc) is 1.92. The molecule has 0 radical (unpaired) electrons. The highest BCUT2D eigenvalue weighted by Crippen LogP contribution is 2.44. The summed E-state index contributed by atoms with van der Waals surface area (Å²) in [5.74, 6) is 0.690. The lowest BCUT2D eigenvalue weighted by Crippen LogP contribution is -2.39. The molecule has 0 aromatic rings. The van der Waals surface area contributed by atoms with Crippen LogP contribution >= 0.6 is 0 Å². The summed E-state index contributed by atoms with van der Waals surface area (Å²) in [7, 11) is 0. The molecule has 0 amide bonds. The Morgan fingerprint density at radius 1 is 1.23 bits per heavy atom. The van der Waals surface area contributed by atoms with Crippen molar-refractivity contribution in [2.75, 3.05) is 0 Å². The summed E-state index contributed by atoms with van der Waals surface area (Å²) in [6.45, 7) is 11.2. The average molecular weight is 184 g/mol. The van der Waals surface area contributed by atoms with E-state index in [0.717, 1.165) is 12.8 Å². The fourth-order valence-electron chi connectivity index (χ4n) is 2.21. The molecule has 0 aromatic heterocycles. The molecule has 0 heterocycles. The lowest BCUT2D eigenvalue weighted by molar-refractivity contribution is -0.0315. The molecule has 1 rings (SSSR count). The molecule has 0 unspecified atom stereocenters. The van der Waals surface area contributed by atoms with Gasteiger partial charge in [-0.1, -0.05) is 34.6 Å². The SMILES string of the molecule is CC(C)(C)[C@@H]1CCC(C)(C)[C@H](O)C1. The third kappa shape index (κ3) is 2.46. The van der Waals surface area contributed by atoms with Crippen molar-refractivity contribution in [2.45, 2.75) is 60.0 Å².